The lowest BCUT2D eigenvalue weighted by Gasteiger charge is -2.30. The molecule has 0 bridgehead atoms. The van der Waals surface area contributed by atoms with E-state index in [1.165, 1.54) is 0 Å². The fourth-order valence-corrected chi connectivity index (χ4v) is 2.86. The van der Waals surface area contributed by atoms with E-state index in [1.807, 2.05) is 13.8 Å². The summed E-state index contributed by atoms with van der Waals surface area (Å²) >= 11 is 0. The van der Waals surface area contributed by atoms with Crippen LogP contribution in [0.15, 0.2) is 12.3 Å². The minimum Gasteiger partial charge on any atom is -0.548 e. The van der Waals surface area contributed by atoms with Crippen molar-refractivity contribution in [2.24, 2.45) is 11.8 Å². The predicted molar refractivity (Wildman–Crippen MR) is 84.0 cm³/mol. The van der Waals surface area contributed by atoms with Crippen molar-refractivity contribution in [3.05, 3.63) is 12.3 Å². The Kier molecular flexibility index (Phi) is 8.81. The monoisotopic (exact) mass is 302 g/mol. The maximum Gasteiger partial charge on any atom is 0.306 e. The van der Waals surface area contributed by atoms with E-state index in [9.17, 15) is 4.79 Å². The van der Waals surface area contributed by atoms with Crippen LogP contribution < -0.4 is 0 Å². The molecule has 118 valence electrons. The molecule has 2 atom stereocenters. The molecular weight excluding hydrogens is 272 g/mol. The van der Waals surface area contributed by atoms with Crippen molar-refractivity contribution >= 4 is 14.3 Å². The molecule has 0 fully saturated rings. The van der Waals surface area contributed by atoms with Gasteiger partial charge in [0, 0.05) is 19.1 Å². The van der Waals surface area contributed by atoms with Crippen LogP contribution in [0.5, 0.6) is 0 Å². The van der Waals surface area contributed by atoms with Gasteiger partial charge < -0.3 is 13.9 Å². The first-order valence-electron chi connectivity index (χ1n) is 7.32. The fourth-order valence-electron chi connectivity index (χ4n) is 1.92. The van der Waals surface area contributed by atoms with E-state index in [-0.39, 0.29) is 17.8 Å². The van der Waals surface area contributed by atoms with E-state index < -0.39 is 8.32 Å². The Morgan fingerprint density at radius 1 is 1.20 bits per heavy atom. The number of hydrogen-bond acceptors (Lipinski definition) is 4. The number of ether oxygens (including phenoxy) is 2. The fraction of sp³-hybridized carbons (Fsp3) is 0.800. The minimum absolute atomic E-state index is 0.0627. The van der Waals surface area contributed by atoms with Gasteiger partial charge >= 0.3 is 5.97 Å². The summed E-state index contributed by atoms with van der Waals surface area (Å²) in [5.74, 6) is 0.584. The molecule has 0 spiro atoms. The van der Waals surface area contributed by atoms with Crippen LogP contribution >= 0.6 is 0 Å². The summed E-state index contributed by atoms with van der Waals surface area (Å²) in [6.07, 6.45) is 0.297. The van der Waals surface area contributed by atoms with Gasteiger partial charge in [-0.1, -0.05) is 13.5 Å². The zero-order valence-electron chi connectivity index (χ0n) is 13.8. The largest absolute Gasteiger partial charge is 0.548 e. The summed E-state index contributed by atoms with van der Waals surface area (Å²) < 4.78 is 16.5. The first-order chi connectivity index (χ1) is 9.21. The van der Waals surface area contributed by atoms with Gasteiger partial charge in [0.15, 0.2) is 0 Å². The molecule has 0 aromatic rings. The second-order valence-corrected chi connectivity index (χ2v) is 10.4. The second kappa shape index (κ2) is 9.18. The topological polar surface area (TPSA) is 44.8 Å². The molecule has 0 amide bonds. The van der Waals surface area contributed by atoms with Crippen molar-refractivity contribution in [3.63, 3.8) is 0 Å². The van der Waals surface area contributed by atoms with Gasteiger partial charge in [-0.3, -0.25) is 4.79 Å². The highest BCUT2D eigenvalue weighted by atomic mass is 28.4. The molecule has 20 heavy (non-hydrogen) atoms. The third kappa shape index (κ3) is 8.38. The van der Waals surface area contributed by atoms with Gasteiger partial charge in [0.05, 0.1) is 18.8 Å². The summed E-state index contributed by atoms with van der Waals surface area (Å²) in [6.45, 7) is 17.8. The first kappa shape index (κ1) is 19.2. The van der Waals surface area contributed by atoms with Crippen LogP contribution in [0, 0.1) is 11.8 Å². The van der Waals surface area contributed by atoms with E-state index in [4.69, 9.17) is 13.9 Å². The molecule has 2 unspecified atom stereocenters. The Bertz CT molecular complexity index is 309. The normalized spacial score (nSPS) is 14.5. The lowest BCUT2D eigenvalue weighted by molar-refractivity contribution is -0.144. The molecule has 5 heteroatoms. The number of hydrogen-bond donors (Lipinski definition) is 0. The molecule has 0 aliphatic carbocycles. The lowest BCUT2D eigenvalue weighted by Crippen LogP contribution is -2.31. The summed E-state index contributed by atoms with van der Waals surface area (Å²) in [5.41, 5.74) is 0. The summed E-state index contributed by atoms with van der Waals surface area (Å²) in [6, 6.07) is 0. The van der Waals surface area contributed by atoms with Crippen LogP contribution in [0.2, 0.25) is 19.6 Å². The number of carbonyl (C=O) groups is 1. The number of allylic oxidation sites excluding steroid dienone is 1. The molecule has 0 aromatic carbocycles. The van der Waals surface area contributed by atoms with Crippen LogP contribution in [-0.4, -0.2) is 34.1 Å². The highest BCUT2D eigenvalue weighted by molar-refractivity contribution is 6.70. The van der Waals surface area contributed by atoms with Crippen molar-refractivity contribution < 1.29 is 18.7 Å². The van der Waals surface area contributed by atoms with Crippen LogP contribution in [0.4, 0.5) is 0 Å². The third-order valence-electron chi connectivity index (χ3n) is 2.81. The molecule has 0 saturated carbocycles. The smallest absolute Gasteiger partial charge is 0.306 e. The summed E-state index contributed by atoms with van der Waals surface area (Å²) in [4.78, 5) is 11.8. The molecule has 0 aliphatic rings. The maximum absolute atomic E-state index is 11.8. The van der Waals surface area contributed by atoms with E-state index in [1.54, 1.807) is 0 Å². The van der Waals surface area contributed by atoms with Crippen molar-refractivity contribution in [3.8, 4) is 0 Å². The van der Waals surface area contributed by atoms with E-state index in [0.29, 0.717) is 32.0 Å². The van der Waals surface area contributed by atoms with Crippen molar-refractivity contribution in [2.75, 3.05) is 19.8 Å². The number of esters is 1. The average molecular weight is 302 g/mol. The zero-order valence-corrected chi connectivity index (χ0v) is 14.8. The first-order valence-corrected chi connectivity index (χ1v) is 10.7. The van der Waals surface area contributed by atoms with Gasteiger partial charge in [0.1, 0.15) is 0 Å². The van der Waals surface area contributed by atoms with Crippen LogP contribution in [0.1, 0.15) is 27.2 Å². The molecular formula is C15H30O4Si. The molecule has 0 radical (unpaired) electrons. The maximum atomic E-state index is 11.8. The highest BCUT2D eigenvalue weighted by Gasteiger charge is 2.28. The number of rotatable bonds is 10. The SMILES string of the molecule is C=C(O[Si](C)(C)C)C(CC(=O)OCC)C(C)COCC. The Morgan fingerprint density at radius 2 is 1.80 bits per heavy atom. The van der Waals surface area contributed by atoms with E-state index >= 15 is 0 Å². The Morgan fingerprint density at radius 3 is 2.25 bits per heavy atom. The minimum atomic E-state index is -1.72. The Labute approximate surface area is 124 Å². The molecule has 0 heterocycles. The van der Waals surface area contributed by atoms with Crippen LogP contribution in [-0.2, 0) is 18.7 Å². The van der Waals surface area contributed by atoms with Gasteiger partial charge in [-0.05, 0) is 39.4 Å². The van der Waals surface area contributed by atoms with Gasteiger partial charge in [0.25, 0.3) is 0 Å². The quantitative estimate of drug-likeness (QED) is 0.351. The van der Waals surface area contributed by atoms with E-state index in [2.05, 4.69) is 33.1 Å². The molecule has 4 nitrogen and oxygen atoms in total. The molecule has 0 saturated heterocycles. The summed E-state index contributed by atoms with van der Waals surface area (Å²) in [5, 5.41) is 0. The predicted octanol–water partition coefficient (Wildman–Crippen LogP) is 3.59. The van der Waals surface area contributed by atoms with Gasteiger partial charge in [-0.25, -0.2) is 0 Å². The Balaban J connectivity index is 4.76. The second-order valence-electron chi connectivity index (χ2n) is 5.93. The summed E-state index contributed by atoms with van der Waals surface area (Å²) in [7, 11) is -1.72. The zero-order chi connectivity index (χ0) is 15.8. The molecule has 0 N–H and O–H groups in total. The third-order valence-corrected chi connectivity index (χ3v) is 3.69. The highest BCUT2D eigenvalue weighted by Crippen LogP contribution is 2.27. The van der Waals surface area contributed by atoms with Gasteiger partial charge in [-0.2, -0.15) is 0 Å². The lowest BCUT2D eigenvalue weighted by atomic mass is 9.90. The van der Waals surface area contributed by atoms with Gasteiger partial charge in [0.2, 0.25) is 8.32 Å². The standard InChI is InChI=1S/C15H30O4Si/c1-8-17-11-12(3)14(10-15(16)18-9-2)13(4)19-20(5,6)7/h12,14H,4,8-11H2,1-3,5-7H3. The van der Waals surface area contributed by atoms with Crippen LogP contribution in [0.3, 0.4) is 0 Å². The van der Waals surface area contributed by atoms with Gasteiger partial charge in [-0.15, -0.1) is 0 Å². The Hall–Kier alpha value is -0.813. The molecule has 0 aromatic heterocycles. The number of carbonyl (C=O) groups excluding carboxylic acids is 1. The van der Waals surface area contributed by atoms with E-state index in [0.717, 1.165) is 0 Å². The van der Waals surface area contributed by atoms with Crippen molar-refractivity contribution in [2.45, 2.75) is 46.8 Å². The molecule has 0 aliphatic heterocycles. The van der Waals surface area contributed by atoms with Crippen LogP contribution in [0.25, 0.3) is 0 Å². The van der Waals surface area contributed by atoms with Crippen molar-refractivity contribution in [1.82, 2.24) is 0 Å². The van der Waals surface area contributed by atoms with Crippen molar-refractivity contribution in [1.29, 1.82) is 0 Å². The molecule has 0 rings (SSSR count). The average Bonchev–Trinajstić information content (AvgIpc) is 2.31.